The standard InChI is InChI=1S/C5H7N5O.ClH/c6-4-2-8-3(1-9-4)5(11)10-7;/h1-2H,7H2,(H2,6,9)(H,10,11);1H. The van der Waals surface area contributed by atoms with Crippen LogP contribution in [0.1, 0.15) is 10.5 Å². The molecule has 1 heterocycles. The number of nitrogens with one attached hydrogen (secondary N) is 1. The number of halogens is 1. The monoisotopic (exact) mass is 189 g/mol. The van der Waals surface area contributed by atoms with Crippen molar-refractivity contribution in [3.05, 3.63) is 18.1 Å². The largest absolute Gasteiger partial charge is 0.382 e. The van der Waals surface area contributed by atoms with Gasteiger partial charge in [-0.1, -0.05) is 0 Å². The van der Waals surface area contributed by atoms with Gasteiger partial charge in [-0.15, -0.1) is 12.4 Å². The molecule has 66 valence electrons. The molecular weight excluding hydrogens is 182 g/mol. The minimum Gasteiger partial charge on any atom is -0.382 e. The lowest BCUT2D eigenvalue weighted by molar-refractivity contribution is 0.0948. The third-order valence-corrected chi connectivity index (χ3v) is 1.04. The number of hydrogen-bond donors (Lipinski definition) is 3. The number of hydrogen-bond acceptors (Lipinski definition) is 5. The van der Waals surface area contributed by atoms with Gasteiger partial charge in [-0.3, -0.25) is 10.2 Å². The number of nitrogens with two attached hydrogens (primary N) is 2. The normalized spacial score (nSPS) is 8.42. The molecule has 0 saturated heterocycles. The zero-order chi connectivity index (χ0) is 8.27. The Morgan fingerprint density at radius 3 is 2.50 bits per heavy atom. The molecule has 12 heavy (non-hydrogen) atoms. The number of amides is 1. The van der Waals surface area contributed by atoms with E-state index in [0.717, 1.165) is 0 Å². The third kappa shape index (κ3) is 2.33. The van der Waals surface area contributed by atoms with Gasteiger partial charge < -0.3 is 5.73 Å². The van der Waals surface area contributed by atoms with Gasteiger partial charge in [0.2, 0.25) is 0 Å². The van der Waals surface area contributed by atoms with E-state index in [0.29, 0.717) is 0 Å². The second-order valence-corrected chi connectivity index (χ2v) is 1.80. The molecule has 0 aliphatic rings. The number of carbonyl (C=O) groups excluding carboxylic acids is 1. The second-order valence-electron chi connectivity index (χ2n) is 1.80. The Morgan fingerprint density at radius 1 is 1.42 bits per heavy atom. The minimum atomic E-state index is -0.488. The smallest absolute Gasteiger partial charge is 0.285 e. The fourth-order valence-corrected chi connectivity index (χ4v) is 0.529. The lowest BCUT2D eigenvalue weighted by atomic mass is 10.4. The fraction of sp³-hybridized carbons (Fsp3) is 0. The highest BCUT2D eigenvalue weighted by atomic mass is 35.5. The van der Waals surface area contributed by atoms with Crippen molar-refractivity contribution in [2.75, 3.05) is 5.73 Å². The predicted molar refractivity (Wildman–Crippen MR) is 45.3 cm³/mol. The van der Waals surface area contributed by atoms with E-state index in [2.05, 4.69) is 9.97 Å². The van der Waals surface area contributed by atoms with Crippen molar-refractivity contribution in [3.8, 4) is 0 Å². The number of rotatable bonds is 1. The van der Waals surface area contributed by atoms with Gasteiger partial charge in [0.25, 0.3) is 5.91 Å². The third-order valence-electron chi connectivity index (χ3n) is 1.04. The van der Waals surface area contributed by atoms with Crippen LogP contribution in [0.15, 0.2) is 12.4 Å². The molecule has 0 atom stereocenters. The maximum Gasteiger partial charge on any atom is 0.285 e. The molecule has 0 saturated carbocycles. The Hall–Kier alpha value is -1.40. The average Bonchev–Trinajstić information content (AvgIpc) is 2.05. The van der Waals surface area contributed by atoms with Gasteiger partial charge in [0.15, 0.2) is 0 Å². The molecule has 0 bridgehead atoms. The second kappa shape index (κ2) is 4.47. The first-order valence-electron chi connectivity index (χ1n) is 2.82. The number of aromatic nitrogens is 2. The Labute approximate surface area is 74.8 Å². The van der Waals surface area contributed by atoms with Crippen LogP contribution in [0.25, 0.3) is 0 Å². The minimum absolute atomic E-state index is 0. The average molecular weight is 190 g/mol. The van der Waals surface area contributed by atoms with Gasteiger partial charge in [0.05, 0.1) is 12.4 Å². The first kappa shape index (κ1) is 10.6. The molecule has 1 rings (SSSR count). The maximum atomic E-state index is 10.7. The predicted octanol–water partition coefficient (Wildman–Crippen LogP) is -0.916. The van der Waals surface area contributed by atoms with Crippen molar-refractivity contribution in [1.82, 2.24) is 15.4 Å². The molecule has 0 aliphatic heterocycles. The molecule has 0 radical (unpaired) electrons. The molecule has 6 nitrogen and oxygen atoms in total. The summed E-state index contributed by atoms with van der Waals surface area (Å²) in [6.07, 6.45) is 2.53. The number of anilines is 1. The molecule has 5 N–H and O–H groups in total. The van der Waals surface area contributed by atoms with Gasteiger partial charge in [0, 0.05) is 0 Å². The van der Waals surface area contributed by atoms with E-state index in [4.69, 9.17) is 11.6 Å². The van der Waals surface area contributed by atoms with Crippen LogP contribution in [0.3, 0.4) is 0 Å². The lowest BCUT2D eigenvalue weighted by Crippen LogP contribution is -2.30. The van der Waals surface area contributed by atoms with E-state index >= 15 is 0 Å². The summed E-state index contributed by atoms with van der Waals surface area (Å²) in [4.78, 5) is 18.1. The number of nitrogens with zero attached hydrogens (tertiary/aromatic N) is 2. The molecule has 1 aromatic rings. The quantitative estimate of drug-likeness (QED) is 0.301. The molecule has 1 amide bonds. The van der Waals surface area contributed by atoms with Crippen LogP contribution in [-0.2, 0) is 0 Å². The summed E-state index contributed by atoms with van der Waals surface area (Å²) in [5.41, 5.74) is 7.29. The van der Waals surface area contributed by atoms with Gasteiger partial charge in [0.1, 0.15) is 11.5 Å². The maximum absolute atomic E-state index is 10.7. The molecule has 0 aliphatic carbocycles. The fourth-order valence-electron chi connectivity index (χ4n) is 0.529. The summed E-state index contributed by atoms with van der Waals surface area (Å²) in [6, 6.07) is 0. The highest BCUT2D eigenvalue weighted by Crippen LogP contribution is 1.94. The van der Waals surface area contributed by atoms with Crippen molar-refractivity contribution in [1.29, 1.82) is 0 Å². The van der Waals surface area contributed by atoms with Crippen molar-refractivity contribution < 1.29 is 4.79 Å². The van der Waals surface area contributed by atoms with Crippen LogP contribution in [0.4, 0.5) is 5.82 Å². The van der Waals surface area contributed by atoms with Gasteiger partial charge in [-0.2, -0.15) is 0 Å². The molecule has 1 aromatic heterocycles. The summed E-state index contributed by atoms with van der Waals surface area (Å²) >= 11 is 0. The Morgan fingerprint density at radius 2 is 2.08 bits per heavy atom. The molecular formula is C5H8ClN5O. The van der Waals surface area contributed by atoms with Gasteiger partial charge in [-0.25, -0.2) is 15.8 Å². The van der Waals surface area contributed by atoms with Crippen LogP contribution in [0.5, 0.6) is 0 Å². The first-order chi connectivity index (χ1) is 5.24. The summed E-state index contributed by atoms with van der Waals surface area (Å²) < 4.78 is 0. The summed E-state index contributed by atoms with van der Waals surface area (Å²) in [6.45, 7) is 0. The number of hydrazine groups is 1. The molecule has 0 spiro atoms. The summed E-state index contributed by atoms with van der Waals surface area (Å²) in [5, 5.41) is 0. The summed E-state index contributed by atoms with van der Waals surface area (Å²) in [5.74, 6) is 4.62. The van der Waals surface area contributed by atoms with Crippen molar-refractivity contribution in [3.63, 3.8) is 0 Å². The highest BCUT2D eigenvalue weighted by molar-refractivity contribution is 5.91. The molecule has 0 aromatic carbocycles. The number of nitrogen functional groups attached to an aromatic ring is 2. The molecule has 0 fully saturated rings. The van der Waals surface area contributed by atoms with Gasteiger partial charge in [-0.05, 0) is 0 Å². The van der Waals surface area contributed by atoms with E-state index in [1.807, 2.05) is 5.43 Å². The first-order valence-corrected chi connectivity index (χ1v) is 2.82. The number of carbonyl (C=O) groups is 1. The summed E-state index contributed by atoms with van der Waals surface area (Å²) in [7, 11) is 0. The van der Waals surface area contributed by atoms with Crippen LogP contribution >= 0.6 is 12.4 Å². The van der Waals surface area contributed by atoms with Gasteiger partial charge >= 0.3 is 0 Å². The van der Waals surface area contributed by atoms with E-state index in [-0.39, 0.29) is 23.9 Å². The lowest BCUT2D eigenvalue weighted by Gasteiger charge is -1.96. The van der Waals surface area contributed by atoms with E-state index in [1.54, 1.807) is 0 Å². The van der Waals surface area contributed by atoms with Crippen LogP contribution < -0.4 is 17.0 Å². The molecule has 7 heteroatoms. The van der Waals surface area contributed by atoms with Crippen LogP contribution in [-0.4, -0.2) is 15.9 Å². The van der Waals surface area contributed by atoms with Crippen molar-refractivity contribution >= 4 is 24.1 Å². The SMILES string of the molecule is Cl.NNC(=O)c1cnc(N)cn1. The molecule has 0 unspecified atom stereocenters. The van der Waals surface area contributed by atoms with E-state index < -0.39 is 5.91 Å². The highest BCUT2D eigenvalue weighted by Gasteiger charge is 2.03. The zero-order valence-electron chi connectivity index (χ0n) is 6.02. The van der Waals surface area contributed by atoms with Crippen LogP contribution in [0, 0.1) is 0 Å². The Kier molecular flexibility index (Phi) is 3.95. The van der Waals surface area contributed by atoms with E-state index in [9.17, 15) is 4.79 Å². The zero-order valence-corrected chi connectivity index (χ0v) is 6.84. The van der Waals surface area contributed by atoms with Crippen LogP contribution in [0.2, 0.25) is 0 Å². The Balaban J connectivity index is 0.00000121. The topological polar surface area (TPSA) is 107 Å². The van der Waals surface area contributed by atoms with E-state index in [1.165, 1.54) is 12.4 Å². The van der Waals surface area contributed by atoms with Crippen molar-refractivity contribution in [2.24, 2.45) is 5.84 Å². The Bertz CT molecular complexity index is 261. The van der Waals surface area contributed by atoms with Crippen molar-refractivity contribution in [2.45, 2.75) is 0 Å².